The molecule has 4 amide bonds. The molecule has 0 spiro atoms. The van der Waals surface area contributed by atoms with Gasteiger partial charge < -0.3 is 0 Å². The third kappa shape index (κ3) is 4.87. The molecule has 18 nitrogen and oxygen atoms in total. The SMILES string of the molecule is O=C1c2ccc3c4c5ccc(c24)C(=O)N1C1CCCC[C@H]1n1c(=O)c2cc4c(=O)n(c(=O)c4cc2c1=O)[C@@H]1CCCC[C@H]1n1c(=O)c2cc4c(=O)n(c(=O)c4cc2c1=O)[C@@H]1CCCC[C@H]1N(C3=O)C5=O. The average molecular weight is 939 g/mol. The summed E-state index contributed by atoms with van der Waals surface area (Å²) in [6, 6.07) is 4.63. The molecule has 4 aromatic heterocycles. The molecule has 1 unspecified atom stereocenters. The molecule has 3 fully saturated rings. The molecule has 3 saturated carbocycles. The van der Waals surface area contributed by atoms with Crippen LogP contribution in [-0.4, -0.2) is 63.8 Å². The maximum Gasteiger partial charge on any atom is 0.261 e. The van der Waals surface area contributed by atoms with Crippen LogP contribution < -0.4 is 44.5 Å². The quantitative estimate of drug-likeness (QED) is 0.199. The van der Waals surface area contributed by atoms with Crippen LogP contribution in [0.4, 0.5) is 0 Å². The van der Waals surface area contributed by atoms with Gasteiger partial charge in [-0.1, -0.05) is 38.5 Å². The summed E-state index contributed by atoms with van der Waals surface area (Å²) in [5.41, 5.74) is -5.99. The Hall–Kier alpha value is -8.02. The lowest BCUT2D eigenvalue weighted by Gasteiger charge is -2.42. The van der Waals surface area contributed by atoms with E-state index in [0.29, 0.717) is 38.5 Å². The number of rotatable bonds is 0. The van der Waals surface area contributed by atoms with Crippen molar-refractivity contribution in [3.05, 3.63) is 154 Å². The Morgan fingerprint density at radius 1 is 0.271 bits per heavy atom. The number of carbonyl (C=O) groups is 4. The number of carbonyl (C=O) groups excluding carboxylic acids is 4. The minimum atomic E-state index is -1.00. The minimum absolute atomic E-state index is 0.0378. The van der Waals surface area contributed by atoms with Crippen molar-refractivity contribution >= 4 is 77.5 Å². The van der Waals surface area contributed by atoms with Gasteiger partial charge in [-0.2, -0.15) is 0 Å². The van der Waals surface area contributed by atoms with Gasteiger partial charge in [0.2, 0.25) is 0 Å². The number of nitrogens with zero attached hydrogens (tertiary/aromatic N) is 6. The minimum Gasteiger partial charge on any atom is -0.269 e. The van der Waals surface area contributed by atoms with E-state index < -0.39 is 104 Å². The summed E-state index contributed by atoms with van der Waals surface area (Å²) in [6.07, 6.45) is 4.66. The molecule has 17 aliphatic rings. The van der Waals surface area contributed by atoms with Crippen LogP contribution in [0.15, 0.2) is 86.9 Å². The molecule has 6 atom stereocenters. The van der Waals surface area contributed by atoms with Gasteiger partial charge in [-0.05, 0) is 87.1 Å². The Balaban J connectivity index is 1.04. The Kier molecular flexibility index (Phi) is 8.10. The first-order valence-electron chi connectivity index (χ1n) is 24.0. The molecule has 14 aliphatic heterocycles. The lowest BCUT2D eigenvalue weighted by molar-refractivity contribution is 0.0411. The molecular weight excluding hydrogens is 901 g/mol. The molecule has 25 rings (SSSR count). The predicted molar refractivity (Wildman–Crippen MR) is 254 cm³/mol. The molecule has 20 bridgehead atoms. The van der Waals surface area contributed by atoms with Gasteiger partial charge in [0, 0.05) is 33.0 Å². The summed E-state index contributed by atoms with van der Waals surface area (Å²) >= 11 is 0. The van der Waals surface area contributed by atoms with Crippen molar-refractivity contribution in [2.45, 2.75) is 113 Å². The lowest BCUT2D eigenvalue weighted by atomic mass is 9.82. The van der Waals surface area contributed by atoms with E-state index in [1.54, 1.807) is 0 Å². The first-order chi connectivity index (χ1) is 33.8. The van der Waals surface area contributed by atoms with E-state index in [0.717, 1.165) is 28.1 Å². The van der Waals surface area contributed by atoms with Crippen LogP contribution in [0.25, 0.3) is 53.9 Å². The van der Waals surface area contributed by atoms with Crippen LogP contribution in [0.1, 0.15) is 143 Å². The molecule has 0 saturated heterocycles. The number of aromatic nitrogens is 4. The first-order valence-corrected chi connectivity index (χ1v) is 24.0. The monoisotopic (exact) mass is 938 g/mol. The van der Waals surface area contributed by atoms with Gasteiger partial charge in [-0.15, -0.1) is 0 Å². The van der Waals surface area contributed by atoms with Crippen LogP contribution in [0.3, 0.4) is 0 Å². The standard InChI is InChI=1S/C52H38N6O12/c59-41-21-13-15-23-40-24-16-14-22(39(21)40)42(60)53(41)33-7-1-3-9-35(33)55-45(63)25-17-29-30(18-26(25)46(55)64)50(68)57(49(29)67)37-11-5-6-12-38(37)58-51(69)31-19-27-28(20-32(31)52(58)70)48(66)56(47(27)65)36-10-4-2-8-34(36)54(43(23)61)44(24)62/h13-20,33-38H,1-12H2/t33-,34?,35-,36-,37-,38-/m1/s1. The van der Waals surface area contributed by atoms with Gasteiger partial charge in [0.15, 0.2) is 0 Å². The van der Waals surface area contributed by atoms with E-state index in [1.807, 2.05) is 0 Å². The van der Waals surface area contributed by atoms with Gasteiger partial charge in [-0.25, -0.2) is 0 Å². The van der Waals surface area contributed by atoms with Crippen molar-refractivity contribution < 1.29 is 19.2 Å². The van der Waals surface area contributed by atoms with Gasteiger partial charge in [-0.3, -0.25) is 85.6 Å². The summed E-state index contributed by atoms with van der Waals surface area (Å²) in [5, 5.41) is -0.866. The molecule has 348 valence electrons. The molecule has 0 N–H and O–H groups in total. The molecule has 3 aliphatic carbocycles. The Morgan fingerprint density at radius 3 is 0.671 bits per heavy atom. The van der Waals surface area contributed by atoms with E-state index in [2.05, 4.69) is 0 Å². The van der Waals surface area contributed by atoms with Crippen LogP contribution >= 0.6 is 0 Å². The van der Waals surface area contributed by atoms with Gasteiger partial charge in [0.25, 0.3) is 68.1 Å². The van der Waals surface area contributed by atoms with Gasteiger partial charge in [0.1, 0.15) is 0 Å². The normalized spacial score (nSPS) is 24.4. The summed E-state index contributed by atoms with van der Waals surface area (Å²) < 4.78 is 4.06. The second-order valence-electron chi connectivity index (χ2n) is 20.1. The first kappa shape index (κ1) is 41.0. The van der Waals surface area contributed by atoms with E-state index >= 15 is 0 Å². The third-order valence-corrected chi connectivity index (χ3v) is 16.9. The zero-order chi connectivity index (χ0) is 48.1. The molecule has 8 aromatic rings. The molecule has 4 aromatic carbocycles. The van der Waals surface area contributed by atoms with E-state index in [1.165, 1.54) is 48.5 Å². The maximum atomic E-state index is 14.8. The van der Waals surface area contributed by atoms with Crippen molar-refractivity contribution in [3.63, 3.8) is 0 Å². The second-order valence-corrected chi connectivity index (χ2v) is 20.1. The largest absolute Gasteiger partial charge is 0.269 e. The van der Waals surface area contributed by atoms with Crippen molar-refractivity contribution in [1.29, 1.82) is 0 Å². The number of imide groups is 2. The Bertz CT molecular complexity index is 3820. The molecule has 18 heterocycles. The highest BCUT2D eigenvalue weighted by molar-refractivity contribution is 6.33. The van der Waals surface area contributed by atoms with Crippen LogP contribution in [0.5, 0.6) is 0 Å². The van der Waals surface area contributed by atoms with Gasteiger partial charge >= 0.3 is 0 Å². The fourth-order valence-electron chi connectivity index (χ4n) is 13.8. The topological polar surface area (TPSA) is 231 Å². The van der Waals surface area contributed by atoms with E-state index in [9.17, 15) is 57.5 Å². The fourth-order valence-corrected chi connectivity index (χ4v) is 13.8. The summed E-state index contributed by atoms with van der Waals surface area (Å²) in [6.45, 7) is 0. The van der Waals surface area contributed by atoms with Crippen molar-refractivity contribution in [3.8, 4) is 0 Å². The highest BCUT2D eigenvalue weighted by Gasteiger charge is 2.48. The zero-order valence-electron chi connectivity index (χ0n) is 37.2. The van der Waals surface area contributed by atoms with Crippen LogP contribution in [0, 0.1) is 0 Å². The highest BCUT2D eigenvalue weighted by Crippen LogP contribution is 2.44. The van der Waals surface area contributed by atoms with Crippen LogP contribution in [-0.2, 0) is 0 Å². The number of hydrogen-bond donors (Lipinski definition) is 0. The summed E-state index contributed by atoms with van der Waals surface area (Å²) in [4.78, 5) is 178. The van der Waals surface area contributed by atoms with E-state index in [4.69, 9.17) is 0 Å². The smallest absolute Gasteiger partial charge is 0.261 e. The van der Waals surface area contributed by atoms with Crippen LogP contribution in [0.2, 0.25) is 0 Å². The molecule has 70 heavy (non-hydrogen) atoms. The Labute approximate surface area is 390 Å². The van der Waals surface area contributed by atoms with Gasteiger partial charge in [0.05, 0.1) is 79.3 Å². The van der Waals surface area contributed by atoms with Crippen molar-refractivity contribution in [2.24, 2.45) is 0 Å². The molecule has 18 heteroatoms. The van der Waals surface area contributed by atoms with Crippen molar-refractivity contribution in [1.82, 2.24) is 28.1 Å². The highest BCUT2D eigenvalue weighted by atomic mass is 16.2. The summed E-state index contributed by atoms with van der Waals surface area (Å²) in [7, 11) is 0. The maximum absolute atomic E-state index is 14.8. The van der Waals surface area contributed by atoms with E-state index in [-0.39, 0.29) is 115 Å². The summed E-state index contributed by atoms with van der Waals surface area (Å²) in [5.74, 6) is -2.94. The second kappa shape index (κ2) is 13.8. The lowest BCUT2D eigenvalue weighted by Crippen LogP contribution is -2.54. The number of benzene rings is 4. The Morgan fingerprint density at radius 2 is 0.457 bits per heavy atom. The average Bonchev–Trinajstić information content (AvgIpc) is 3.96. The fraction of sp³-hybridized carbons (Fsp3) is 0.346. The number of hydrogen-bond acceptors (Lipinski definition) is 12. The van der Waals surface area contributed by atoms with Crippen molar-refractivity contribution in [2.75, 3.05) is 0 Å². The molecular formula is C52H38N6O12. The third-order valence-electron chi connectivity index (χ3n) is 16.9. The number of amides is 4. The predicted octanol–water partition coefficient (Wildman–Crippen LogP) is 3.52. The zero-order valence-corrected chi connectivity index (χ0v) is 37.2. The molecule has 0 radical (unpaired) electrons.